The Labute approximate surface area is 105 Å². The van der Waals surface area contributed by atoms with Crippen molar-refractivity contribution in [3.8, 4) is 0 Å². The summed E-state index contributed by atoms with van der Waals surface area (Å²) in [4.78, 5) is 22.4. The maximum atomic E-state index is 11.5. The van der Waals surface area contributed by atoms with Crippen molar-refractivity contribution in [3.05, 3.63) is 33.7 Å². The van der Waals surface area contributed by atoms with E-state index in [1.165, 1.54) is 12.3 Å². The summed E-state index contributed by atoms with van der Waals surface area (Å²) in [6.45, 7) is 3.30. The van der Waals surface area contributed by atoms with E-state index >= 15 is 0 Å². The Balaban J connectivity index is 2.13. The highest BCUT2D eigenvalue weighted by Gasteiger charge is 2.16. The van der Waals surface area contributed by atoms with E-state index in [0.717, 1.165) is 31.6 Å². The molecule has 5 heteroatoms. The van der Waals surface area contributed by atoms with Crippen LogP contribution in [0.4, 0.5) is 0 Å². The second-order valence-electron chi connectivity index (χ2n) is 4.61. The van der Waals surface area contributed by atoms with Gasteiger partial charge in [0.2, 0.25) is 0 Å². The van der Waals surface area contributed by atoms with Gasteiger partial charge in [0.15, 0.2) is 5.43 Å². The van der Waals surface area contributed by atoms with Crippen LogP contribution < -0.4 is 5.43 Å². The summed E-state index contributed by atoms with van der Waals surface area (Å²) < 4.78 is 7.34. The van der Waals surface area contributed by atoms with E-state index in [4.69, 9.17) is 9.84 Å². The lowest BCUT2D eigenvalue weighted by Gasteiger charge is -2.14. The monoisotopic (exact) mass is 251 g/mol. The molecule has 1 saturated heterocycles. The number of rotatable bonds is 4. The minimum atomic E-state index is -1.18. The molecule has 2 heterocycles. The molecule has 0 saturated carbocycles. The Kier molecular flexibility index (Phi) is 3.81. The first kappa shape index (κ1) is 12.8. The number of ether oxygens (including phenoxy) is 1. The summed E-state index contributed by atoms with van der Waals surface area (Å²) >= 11 is 0. The fraction of sp³-hybridized carbons (Fsp3) is 0.538. The Morgan fingerprint density at radius 1 is 1.61 bits per heavy atom. The van der Waals surface area contributed by atoms with Gasteiger partial charge in [-0.1, -0.05) is 0 Å². The number of hydrogen-bond donors (Lipinski definition) is 1. The number of carboxylic acids is 1. The maximum absolute atomic E-state index is 11.5. The minimum Gasteiger partial charge on any atom is -0.477 e. The average Bonchev–Trinajstić information content (AvgIpc) is 2.80. The number of aromatic nitrogens is 1. The van der Waals surface area contributed by atoms with Gasteiger partial charge in [-0.25, -0.2) is 4.79 Å². The molecule has 5 nitrogen and oxygen atoms in total. The molecule has 1 aliphatic rings. The molecule has 0 aliphatic carbocycles. The van der Waals surface area contributed by atoms with Gasteiger partial charge < -0.3 is 14.4 Å². The number of carboxylic acid groups (broad SMARTS) is 1. The summed E-state index contributed by atoms with van der Waals surface area (Å²) in [5.41, 5.74) is 0.171. The van der Waals surface area contributed by atoms with E-state index in [1.807, 2.05) is 11.5 Å². The van der Waals surface area contributed by atoms with Crippen LogP contribution in [0.25, 0.3) is 0 Å². The van der Waals surface area contributed by atoms with Crippen molar-refractivity contribution in [2.45, 2.75) is 38.8 Å². The van der Waals surface area contributed by atoms with E-state index in [1.54, 1.807) is 0 Å². The molecule has 0 amide bonds. The predicted octanol–water partition coefficient (Wildman–Crippen LogP) is 1.42. The van der Waals surface area contributed by atoms with E-state index in [0.29, 0.717) is 6.54 Å². The number of carbonyl (C=O) groups is 1. The lowest BCUT2D eigenvalue weighted by Crippen LogP contribution is -2.20. The third kappa shape index (κ3) is 2.79. The summed E-state index contributed by atoms with van der Waals surface area (Å²) in [5, 5.41) is 8.92. The number of aryl methyl sites for hydroxylation is 2. The van der Waals surface area contributed by atoms with Gasteiger partial charge in [0, 0.05) is 31.1 Å². The van der Waals surface area contributed by atoms with Crippen molar-refractivity contribution in [1.29, 1.82) is 0 Å². The molecule has 1 aliphatic heterocycles. The SMILES string of the molecule is Cc1cc(=O)c(C(=O)O)cn1CCC1CCCO1. The van der Waals surface area contributed by atoms with Crippen molar-refractivity contribution in [2.75, 3.05) is 6.61 Å². The summed E-state index contributed by atoms with van der Waals surface area (Å²) in [5.74, 6) is -1.18. The Bertz CT molecular complexity index is 500. The molecule has 0 spiro atoms. The highest BCUT2D eigenvalue weighted by atomic mass is 16.5. The van der Waals surface area contributed by atoms with Crippen LogP contribution in [-0.2, 0) is 11.3 Å². The molecule has 2 rings (SSSR count). The van der Waals surface area contributed by atoms with E-state index < -0.39 is 11.4 Å². The lowest BCUT2D eigenvalue weighted by atomic mass is 10.1. The molecule has 0 aromatic carbocycles. The van der Waals surface area contributed by atoms with Gasteiger partial charge in [0.1, 0.15) is 5.56 Å². The van der Waals surface area contributed by atoms with Gasteiger partial charge in [-0.15, -0.1) is 0 Å². The highest BCUT2D eigenvalue weighted by Crippen LogP contribution is 2.16. The molecule has 1 aromatic heterocycles. The third-order valence-corrected chi connectivity index (χ3v) is 3.29. The minimum absolute atomic E-state index is 0.173. The fourth-order valence-electron chi connectivity index (χ4n) is 2.23. The normalized spacial score (nSPS) is 19.1. The van der Waals surface area contributed by atoms with E-state index in [2.05, 4.69) is 0 Å². The van der Waals surface area contributed by atoms with Crippen LogP contribution in [0.2, 0.25) is 0 Å². The Hall–Kier alpha value is -1.62. The van der Waals surface area contributed by atoms with Gasteiger partial charge in [-0.2, -0.15) is 0 Å². The van der Waals surface area contributed by atoms with Gasteiger partial charge in [-0.3, -0.25) is 4.79 Å². The zero-order valence-corrected chi connectivity index (χ0v) is 10.4. The summed E-state index contributed by atoms with van der Waals surface area (Å²) in [6.07, 6.45) is 4.69. The van der Waals surface area contributed by atoms with Crippen LogP contribution in [0.3, 0.4) is 0 Å². The second kappa shape index (κ2) is 5.35. The molecule has 98 valence electrons. The zero-order valence-electron chi connectivity index (χ0n) is 10.4. The van der Waals surface area contributed by atoms with Crippen molar-refractivity contribution in [2.24, 2.45) is 0 Å². The van der Waals surface area contributed by atoms with Crippen molar-refractivity contribution < 1.29 is 14.6 Å². The topological polar surface area (TPSA) is 68.5 Å². The van der Waals surface area contributed by atoms with Crippen molar-refractivity contribution in [3.63, 3.8) is 0 Å². The zero-order chi connectivity index (χ0) is 13.1. The predicted molar refractivity (Wildman–Crippen MR) is 66.0 cm³/mol. The molecular weight excluding hydrogens is 234 g/mol. The molecule has 18 heavy (non-hydrogen) atoms. The Morgan fingerprint density at radius 3 is 3.00 bits per heavy atom. The Morgan fingerprint density at radius 2 is 2.39 bits per heavy atom. The number of aromatic carboxylic acids is 1. The largest absolute Gasteiger partial charge is 0.477 e. The summed E-state index contributed by atoms with van der Waals surface area (Å²) in [7, 11) is 0. The summed E-state index contributed by atoms with van der Waals surface area (Å²) in [6, 6.07) is 1.37. The third-order valence-electron chi connectivity index (χ3n) is 3.29. The number of nitrogens with zero attached hydrogens (tertiary/aromatic N) is 1. The van der Waals surface area contributed by atoms with Crippen molar-refractivity contribution >= 4 is 5.97 Å². The molecule has 0 bridgehead atoms. The first-order valence-corrected chi connectivity index (χ1v) is 6.14. The molecular formula is C13H17NO4. The van der Waals surface area contributed by atoms with Gasteiger partial charge >= 0.3 is 5.97 Å². The molecule has 1 unspecified atom stereocenters. The number of hydrogen-bond acceptors (Lipinski definition) is 3. The van der Waals surface area contributed by atoms with Crippen molar-refractivity contribution in [1.82, 2.24) is 4.57 Å². The van der Waals surface area contributed by atoms with Gasteiger partial charge in [-0.05, 0) is 26.2 Å². The first-order chi connectivity index (χ1) is 8.58. The number of pyridine rings is 1. The standard InChI is InChI=1S/C13H17NO4/c1-9-7-12(15)11(13(16)17)8-14(9)5-4-10-3-2-6-18-10/h7-8,10H,2-6H2,1H3,(H,16,17). The first-order valence-electron chi connectivity index (χ1n) is 6.14. The molecule has 1 N–H and O–H groups in total. The lowest BCUT2D eigenvalue weighted by molar-refractivity contribution is 0.0694. The quantitative estimate of drug-likeness (QED) is 0.878. The van der Waals surface area contributed by atoms with Gasteiger partial charge in [0.25, 0.3) is 0 Å². The van der Waals surface area contributed by atoms with Gasteiger partial charge in [0.05, 0.1) is 6.10 Å². The van der Waals surface area contributed by atoms with Crippen LogP contribution in [0, 0.1) is 6.92 Å². The van der Waals surface area contributed by atoms with Crippen LogP contribution in [0.15, 0.2) is 17.1 Å². The second-order valence-corrected chi connectivity index (χ2v) is 4.61. The average molecular weight is 251 g/mol. The van der Waals surface area contributed by atoms with E-state index in [-0.39, 0.29) is 11.7 Å². The molecule has 1 fully saturated rings. The van der Waals surface area contributed by atoms with Crippen LogP contribution in [-0.4, -0.2) is 28.4 Å². The van der Waals surface area contributed by atoms with Crippen LogP contribution in [0.1, 0.15) is 35.3 Å². The molecule has 1 atom stereocenters. The van der Waals surface area contributed by atoms with E-state index in [9.17, 15) is 9.59 Å². The smallest absolute Gasteiger partial charge is 0.341 e. The fourth-order valence-corrected chi connectivity index (χ4v) is 2.23. The highest BCUT2D eigenvalue weighted by molar-refractivity contribution is 5.87. The molecule has 1 aromatic rings. The molecule has 0 radical (unpaired) electrons. The maximum Gasteiger partial charge on any atom is 0.341 e. The van der Waals surface area contributed by atoms with Crippen LogP contribution >= 0.6 is 0 Å². The van der Waals surface area contributed by atoms with Crippen LogP contribution in [0.5, 0.6) is 0 Å².